The standard InChI is InChI=1S/C16H20FN3OSi/c1-11(21-22(2,3)4)15-18-16-13(17)10-14(20(16)19-15)12-8-6-5-7-9-12/h5-9,13-14H,1,10H2,2-4H3. The largest absolute Gasteiger partial charge is 0.542 e. The summed E-state index contributed by atoms with van der Waals surface area (Å²) in [6.07, 6.45) is -0.729. The third-order valence-electron chi connectivity index (χ3n) is 3.53. The average molecular weight is 317 g/mol. The molecular formula is C16H20FN3OSi. The highest BCUT2D eigenvalue weighted by Gasteiger charge is 2.36. The Morgan fingerprint density at radius 3 is 2.64 bits per heavy atom. The molecule has 0 bridgehead atoms. The number of benzene rings is 1. The van der Waals surface area contributed by atoms with Crippen molar-refractivity contribution in [3.63, 3.8) is 0 Å². The summed E-state index contributed by atoms with van der Waals surface area (Å²) >= 11 is 0. The van der Waals surface area contributed by atoms with Crippen LogP contribution in [0, 0.1) is 0 Å². The van der Waals surface area contributed by atoms with E-state index < -0.39 is 14.5 Å². The predicted octanol–water partition coefficient (Wildman–Crippen LogP) is 4.10. The second-order valence-corrected chi connectivity index (χ2v) is 10.9. The lowest BCUT2D eigenvalue weighted by molar-refractivity contribution is 0.328. The summed E-state index contributed by atoms with van der Waals surface area (Å²) in [5, 5.41) is 4.45. The van der Waals surface area contributed by atoms with Crippen molar-refractivity contribution >= 4 is 14.1 Å². The Balaban J connectivity index is 1.92. The Morgan fingerprint density at radius 2 is 2.00 bits per heavy atom. The van der Waals surface area contributed by atoms with Gasteiger partial charge in [-0.15, -0.1) is 5.10 Å². The van der Waals surface area contributed by atoms with E-state index in [2.05, 4.69) is 36.3 Å². The second kappa shape index (κ2) is 5.35. The lowest BCUT2D eigenvalue weighted by Gasteiger charge is -2.19. The van der Waals surface area contributed by atoms with Crippen molar-refractivity contribution in [2.24, 2.45) is 0 Å². The van der Waals surface area contributed by atoms with Crippen LogP contribution in [-0.2, 0) is 4.43 Å². The van der Waals surface area contributed by atoms with Gasteiger partial charge >= 0.3 is 0 Å². The van der Waals surface area contributed by atoms with Gasteiger partial charge in [0.25, 0.3) is 0 Å². The van der Waals surface area contributed by atoms with Gasteiger partial charge in [0, 0.05) is 6.42 Å². The van der Waals surface area contributed by atoms with Crippen LogP contribution >= 0.6 is 0 Å². The number of alkyl halides is 1. The molecule has 1 aromatic carbocycles. The van der Waals surface area contributed by atoms with Crippen LogP contribution < -0.4 is 0 Å². The molecule has 1 aliphatic rings. The van der Waals surface area contributed by atoms with E-state index in [9.17, 15) is 4.39 Å². The summed E-state index contributed by atoms with van der Waals surface area (Å²) in [6, 6.07) is 9.70. The van der Waals surface area contributed by atoms with E-state index in [1.54, 1.807) is 4.68 Å². The van der Waals surface area contributed by atoms with Crippen LogP contribution in [0.25, 0.3) is 5.76 Å². The van der Waals surface area contributed by atoms with Gasteiger partial charge in [-0.3, -0.25) is 0 Å². The molecule has 0 aliphatic carbocycles. The van der Waals surface area contributed by atoms with Gasteiger partial charge in [0.05, 0.1) is 6.04 Å². The Kier molecular flexibility index (Phi) is 3.64. The zero-order valence-corrected chi connectivity index (χ0v) is 14.1. The molecule has 2 heterocycles. The van der Waals surface area contributed by atoms with Gasteiger partial charge in [-0.05, 0) is 25.2 Å². The number of fused-ring (bicyclic) bond motifs is 1. The highest BCUT2D eigenvalue weighted by atomic mass is 28.4. The molecule has 22 heavy (non-hydrogen) atoms. The molecule has 4 nitrogen and oxygen atoms in total. The van der Waals surface area contributed by atoms with Crippen LogP contribution in [0.1, 0.15) is 35.8 Å². The quantitative estimate of drug-likeness (QED) is 0.629. The smallest absolute Gasteiger partial charge is 0.242 e. The van der Waals surface area contributed by atoms with Gasteiger partial charge in [0.1, 0.15) is 5.76 Å². The molecule has 116 valence electrons. The molecule has 0 fully saturated rings. The van der Waals surface area contributed by atoms with Gasteiger partial charge in [-0.1, -0.05) is 36.9 Å². The molecule has 2 atom stereocenters. The monoisotopic (exact) mass is 317 g/mol. The van der Waals surface area contributed by atoms with Crippen LogP contribution in [0.3, 0.4) is 0 Å². The summed E-state index contributed by atoms with van der Waals surface area (Å²) in [5.41, 5.74) is 1.04. The molecular weight excluding hydrogens is 297 g/mol. The molecule has 6 heteroatoms. The maximum absolute atomic E-state index is 14.3. The summed E-state index contributed by atoms with van der Waals surface area (Å²) in [6.45, 7) is 10.1. The Hall–Kier alpha value is -1.95. The zero-order valence-electron chi connectivity index (χ0n) is 13.1. The topological polar surface area (TPSA) is 39.9 Å². The maximum Gasteiger partial charge on any atom is 0.242 e. The lowest BCUT2D eigenvalue weighted by Crippen LogP contribution is -2.24. The molecule has 0 amide bonds. The first kappa shape index (κ1) is 15.0. The van der Waals surface area contributed by atoms with Crippen LogP contribution in [0.15, 0.2) is 36.9 Å². The molecule has 1 aromatic heterocycles. The zero-order chi connectivity index (χ0) is 15.9. The van der Waals surface area contributed by atoms with Gasteiger partial charge in [-0.25, -0.2) is 14.1 Å². The Labute approximate surface area is 130 Å². The number of hydrogen-bond donors (Lipinski definition) is 0. The SMILES string of the molecule is C=C(O[Si](C)(C)C)c1nc2n(n1)C(c1ccccc1)CC2F. The summed E-state index contributed by atoms with van der Waals surface area (Å²) in [4.78, 5) is 4.31. The molecule has 3 rings (SSSR count). The Bertz CT molecular complexity index is 693. The molecule has 0 saturated heterocycles. The number of hydrogen-bond acceptors (Lipinski definition) is 3. The molecule has 0 N–H and O–H groups in total. The summed E-state index contributed by atoms with van der Waals surface area (Å²) in [7, 11) is -1.78. The van der Waals surface area contributed by atoms with E-state index >= 15 is 0 Å². The van der Waals surface area contributed by atoms with Crippen molar-refractivity contribution in [3.05, 3.63) is 54.1 Å². The fraction of sp³-hybridized carbons (Fsp3) is 0.375. The van der Waals surface area contributed by atoms with Crippen LogP contribution in [0.2, 0.25) is 19.6 Å². The van der Waals surface area contributed by atoms with Gasteiger partial charge in [0.15, 0.2) is 12.0 Å². The highest BCUT2D eigenvalue weighted by Crippen LogP contribution is 2.39. The van der Waals surface area contributed by atoms with Crippen LogP contribution in [-0.4, -0.2) is 23.1 Å². The minimum Gasteiger partial charge on any atom is -0.542 e. The maximum atomic E-state index is 14.3. The average Bonchev–Trinajstić information content (AvgIpc) is 2.99. The first-order chi connectivity index (χ1) is 10.3. The third-order valence-corrected chi connectivity index (χ3v) is 4.39. The molecule has 0 spiro atoms. The number of nitrogens with zero attached hydrogens (tertiary/aromatic N) is 3. The summed E-state index contributed by atoms with van der Waals surface area (Å²) < 4.78 is 21.8. The van der Waals surface area contributed by atoms with Crippen molar-refractivity contribution in [3.8, 4) is 0 Å². The highest BCUT2D eigenvalue weighted by molar-refractivity contribution is 6.70. The molecule has 0 saturated carbocycles. The van der Waals surface area contributed by atoms with E-state index in [1.807, 2.05) is 30.3 Å². The van der Waals surface area contributed by atoms with Crippen LogP contribution in [0.5, 0.6) is 0 Å². The number of rotatable bonds is 4. The molecule has 2 unspecified atom stereocenters. The molecule has 2 aromatic rings. The van der Waals surface area contributed by atoms with Crippen molar-refractivity contribution in [2.45, 2.75) is 38.3 Å². The first-order valence-electron chi connectivity index (χ1n) is 7.39. The number of halogens is 1. The van der Waals surface area contributed by atoms with Gasteiger partial charge in [0.2, 0.25) is 14.1 Å². The Morgan fingerprint density at radius 1 is 1.32 bits per heavy atom. The van der Waals surface area contributed by atoms with Crippen molar-refractivity contribution in [1.82, 2.24) is 14.8 Å². The van der Waals surface area contributed by atoms with Crippen LogP contribution in [0.4, 0.5) is 4.39 Å². The van der Waals surface area contributed by atoms with E-state index in [1.165, 1.54) is 0 Å². The normalized spacial score (nSPS) is 20.7. The van der Waals surface area contributed by atoms with Gasteiger partial charge < -0.3 is 4.43 Å². The third kappa shape index (κ3) is 2.83. The second-order valence-electron chi connectivity index (χ2n) is 6.51. The first-order valence-corrected chi connectivity index (χ1v) is 10.8. The minimum atomic E-state index is -1.78. The van der Waals surface area contributed by atoms with Crippen molar-refractivity contribution in [2.75, 3.05) is 0 Å². The predicted molar refractivity (Wildman–Crippen MR) is 86.5 cm³/mol. The number of aromatic nitrogens is 3. The van der Waals surface area contributed by atoms with E-state index in [4.69, 9.17) is 4.43 Å². The fourth-order valence-electron chi connectivity index (χ4n) is 2.67. The molecule has 1 aliphatic heterocycles. The van der Waals surface area contributed by atoms with Crippen molar-refractivity contribution in [1.29, 1.82) is 0 Å². The van der Waals surface area contributed by atoms with E-state index in [0.717, 1.165) is 5.56 Å². The van der Waals surface area contributed by atoms with Gasteiger partial charge in [-0.2, -0.15) is 0 Å². The van der Waals surface area contributed by atoms with Crippen molar-refractivity contribution < 1.29 is 8.82 Å². The molecule has 0 radical (unpaired) electrons. The fourth-order valence-corrected chi connectivity index (χ4v) is 3.50. The summed E-state index contributed by atoms with van der Waals surface area (Å²) in [5.74, 6) is 1.19. The minimum absolute atomic E-state index is 0.118. The van der Waals surface area contributed by atoms with E-state index in [-0.39, 0.29) is 6.04 Å². The lowest BCUT2D eigenvalue weighted by atomic mass is 10.0. The van der Waals surface area contributed by atoms with E-state index in [0.29, 0.717) is 23.8 Å².